The van der Waals surface area contributed by atoms with Crippen LogP contribution in [0, 0.1) is 0 Å². The molecule has 142 valence electrons. The summed E-state index contributed by atoms with van der Waals surface area (Å²) in [5.74, 6) is 1.18. The lowest BCUT2D eigenvalue weighted by atomic mass is 9.94. The van der Waals surface area contributed by atoms with E-state index in [2.05, 4.69) is 26.1 Å². The van der Waals surface area contributed by atoms with E-state index in [1.807, 2.05) is 24.3 Å². The molecule has 0 aliphatic heterocycles. The van der Waals surface area contributed by atoms with Crippen molar-refractivity contribution in [3.05, 3.63) is 35.4 Å². The molecule has 0 unspecified atom stereocenters. The Morgan fingerprint density at radius 1 is 1.00 bits per heavy atom. The molecule has 0 saturated heterocycles. The minimum Gasteiger partial charge on any atom is -0.496 e. The largest absolute Gasteiger partial charge is 0.496 e. The average molecular weight is 359 g/mol. The van der Waals surface area contributed by atoms with E-state index in [-0.39, 0.29) is 17.9 Å². The van der Waals surface area contributed by atoms with E-state index in [9.17, 15) is 4.79 Å². The highest BCUT2D eigenvalue weighted by molar-refractivity contribution is 5.97. The molecule has 0 spiro atoms. The van der Waals surface area contributed by atoms with E-state index >= 15 is 0 Å². The predicted octanol–water partition coefficient (Wildman–Crippen LogP) is 3.85. The van der Waals surface area contributed by atoms with Crippen molar-refractivity contribution >= 4 is 16.7 Å². The first kappa shape index (κ1) is 20.0. The highest BCUT2D eigenvalue weighted by atomic mass is 16.5. The van der Waals surface area contributed by atoms with Crippen molar-refractivity contribution in [3.8, 4) is 11.5 Å². The number of hydrogen-bond donors (Lipinski definition) is 1. The Kier molecular flexibility index (Phi) is 6.48. The van der Waals surface area contributed by atoms with E-state index in [4.69, 9.17) is 14.2 Å². The van der Waals surface area contributed by atoms with E-state index in [0.29, 0.717) is 18.9 Å². The van der Waals surface area contributed by atoms with Crippen LogP contribution in [0.4, 0.5) is 0 Å². The van der Waals surface area contributed by atoms with Gasteiger partial charge in [-0.25, -0.2) is 0 Å². The maximum Gasteiger partial charge on any atom is 0.310 e. The van der Waals surface area contributed by atoms with Gasteiger partial charge in [0.1, 0.15) is 11.5 Å². The highest BCUT2D eigenvalue weighted by Crippen LogP contribution is 2.41. The number of carbonyl (C=O) groups excluding carboxylic acids is 1. The second kappa shape index (κ2) is 8.41. The third kappa shape index (κ3) is 4.47. The molecule has 0 bridgehead atoms. The van der Waals surface area contributed by atoms with Gasteiger partial charge in [-0.3, -0.25) is 4.79 Å². The molecule has 0 aromatic heterocycles. The van der Waals surface area contributed by atoms with Crippen molar-refractivity contribution in [3.63, 3.8) is 0 Å². The fourth-order valence-corrected chi connectivity index (χ4v) is 3.03. The van der Waals surface area contributed by atoms with Crippen LogP contribution in [0.15, 0.2) is 24.3 Å². The van der Waals surface area contributed by atoms with Crippen LogP contribution in [-0.4, -0.2) is 32.3 Å². The van der Waals surface area contributed by atoms with Crippen molar-refractivity contribution in [2.24, 2.45) is 0 Å². The molecule has 0 atom stereocenters. The Morgan fingerprint density at radius 2 is 1.54 bits per heavy atom. The van der Waals surface area contributed by atoms with Crippen LogP contribution >= 0.6 is 0 Å². The maximum atomic E-state index is 12.2. The molecular weight excluding hydrogens is 330 g/mol. The van der Waals surface area contributed by atoms with Crippen LogP contribution < -0.4 is 14.8 Å². The van der Waals surface area contributed by atoms with Crippen molar-refractivity contribution in [2.75, 3.05) is 20.8 Å². The standard InChI is InChI=1S/C21H29NO4/c1-7-26-18(23)12-16-17(13-22-21(2,3)4)20(25-6)15-11-9-8-10-14(15)19(16)24-5/h8-11,22H,7,12-13H2,1-6H3. The molecule has 2 rings (SSSR count). The summed E-state index contributed by atoms with van der Waals surface area (Å²) in [4.78, 5) is 12.2. The normalized spacial score (nSPS) is 11.5. The minimum atomic E-state index is -0.278. The number of carbonyl (C=O) groups is 1. The molecular formula is C21H29NO4. The molecule has 1 N–H and O–H groups in total. The Labute approximate surface area is 155 Å². The number of hydrogen-bond acceptors (Lipinski definition) is 5. The second-order valence-electron chi connectivity index (χ2n) is 7.15. The fraction of sp³-hybridized carbons (Fsp3) is 0.476. The van der Waals surface area contributed by atoms with Crippen LogP contribution in [0.25, 0.3) is 10.8 Å². The lowest BCUT2D eigenvalue weighted by Gasteiger charge is -2.25. The quantitative estimate of drug-likeness (QED) is 0.761. The summed E-state index contributed by atoms with van der Waals surface area (Å²) in [6.45, 7) is 9.01. The van der Waals surface area contributed by atoms with Crippen molar-refractivity contribution in [1.29, 1.82) is 0 Å². The van der Waals surface area contributed by atoms with E-state index in [1.165, 1.54) is 0 Å². The van der Waals surface area contributed by atoms with E-state index in [1.54, 1.807) is 21.1 Å². The van der Waals surface area contributed by atoms with Crippen molar-refractivity contribution in [1.82, 2.24) is 5.32 Å². The predicted molar refractivity (Wildman–Crippen MR) is 104 cm³/mol. The number of ether oxygens (including phenoxy) is 3. The van der Waals surface area contributed by atoms with Gasteiger partial charge in [0.25, 0.3) is 0 Å². The molecule has 2 aromatic rings. The fourth-order valence-electron chi connectivity index (χ4n) is 3.03. The monoisotopic (exact) mass is 359 g/mol. The first-order chi connectivity index (χ1) is 12.3. The van der Waals surface area contributed by atoms with Crippen molar-refractivity contribution in [2.45, 2.75) is 46.2 Å². The Morgan fingerprint density at radius 3 is 2.00 bits per heavy atom. The molecule has 26 heavy (non-hydrogen) atoms. The summed E-state index contributed by atoms with van der Waals surface area (Å²) in [5.41, 5.74) is 1.65. The minimum absolute atomic E-state index is 0.0783. The molecule has 5 nitrogen and oxygen atoms in total. The molecule has 0 aliphatic rings. The van der Waals surface area contributed by atoms with E-state index < -0.39 is 0 Å². The van der Waals surface area contributed by atoms with Gasteiger partial charge < -0.3 is 19.5 Å². The number of rotatable bonds is 7. The van der Waals surface area contributed by atoms with E-state index in [0.717, 1.165) is 27.6 Å². The van der Waals surface area contributed by atoms with Crippen LogP contribution in [0.3, 0.4) is 0 Å². The van der Waals surface area contributed by atoms with Gasteiger partial charge in [0, 0.05) is 34.0 Å². The maximum absolute atomic E-state index is 12.2. The van der Waals surface area contributed by atoms with Gasteiger partial charge in [0.2, 0.25) is 0 Å². The van der Waals surface area contributed by atoms with Gasteiger partial charge in [-0.15, -0.1) is 0 Å². The zero-order valence-electron chi connectivity index (χ0n) is 16.6. The smallest absolute Gasteiger partial charge is 0.310 e. The number of esters is 1. The Hall–Kier alpha value is -2.27. The third-order valence-corrected chi connectivity index (χ3v) is 4.16. The summed E-state index contributed by atoms with van der Waals surface area (Å²) < 4.78 is 16.7. The molecule has 5 heteroatoms. The summed E-state index contributed by atoms with van der Waals surface area (Å²) >= 11 is 0. The molecule has 0 saturated carbocycles. The highest BCUT2D eigenvalue weighted by Gasteiger charge is 2.24. The van der Waals surface area contributed by atoms with Crippen molar-refractivity contribution < 1.29 is 19.0 Å². The first-order valence-electron chi connectivity index (χ1n) is 8.87. The van der Waals surface area contributed by atoms with Crippen LogP contribution in [0.1, 0.15) is 38.8 Å². The molecule has 0 heterocycles. The third-order valence-electron chi connectivity index (χ3n) is 4.16. The molecule has 0 aliphatic carbocycles. The van der Waals surface area contributed by atoms with Crippen LogP contribution in [-0.2, 0) is 22.5 Å². The zero-order chi connectivity index (χ0) is 19.3. The van der Waals surface area contributed by atoms with Gasteiger partial charge in [-0.2, -0.15) is 0 Å². The number of methoxy groups -OCH3 is 2. The summed E-state index contributed by atoms with van der Waals surface area (Å²) in [6.07, 6.45) is 0.138. The topological polar surface area (TPSA) is 56.8 Å². The SMILES string of the molecule is CCOC(=O)Cc1c(CNC(C)(C)C)c(OC)c2ccccc2c1OC. The van der Waals surface area contributed by atoms with Gasteiger partial charge >= 0.3 is 5.97 Å². The average Bonchev–Trinajstić information content (AvgIpc) is 2.58. The van der Waals surface area contributed by atoms with Crippen LogP contribution in [0.5, 0.6) is 11.5 Å². The molecule has 0 amide bonds. The summed E-state index contributed by atoms with van der Waals surface area (Å²) in [7, 11) is 3.28. The number of nitrogens with one attached hydrogen (secondary N) is 1. The Balaban J connectivity index is 2.70. The van der Waals surface area contributed by atoms with Crippen LogP contribution in [0.2, 0.25) is 0 Å². The van der Waals surface area contributed by atoms with Gasteiger partial charge in [-0.1, -0.05) is 24.3 Å². The lowest BCUT2D eigenvalue weighted by Crippen LogP contribution is -2.35. The lowest BCUT2D eigenvalue weighted by molar-refractivity contribution is -0.142. The van der Waals surface area contributed by atoms with Gasteiger partial charge in [0.15, 0.2) is 0 Å². The summed E-state index contributed by atoms with van der Waals surface area (Å²) in [5, 5.41) is 5.37. The second-order valence-corrected chi connectivity index (χ2v) is 7.15. The zero-order valence-corrected chi connectivity index (χ0v) is 16.6. The number of benzene rings is 2. The Bertz CT molecular complexity index is 778. The van der Waals surface area contributed by atoms with Gasteiger partial charge in [-0.05, 0) is 27.7 Å². The van der Waals surface area contributed by atoms with Gasteiger partial charge in [0.05, 0.1) is 27.2 Å². The molecule has 2 aromatic carbocycles. The summed E-state index contributed by atoms with van der Waals surface area (Å²) in [6, 6.07) is 7.90. The molecule has 0 radical (unpaired) electrons. The first-order valence-corrected chi connectivity index (χ1v) is 8.87. The number of fused-ring (bicyclic) bond motifs is 1. The molecule has 0 fully saturated rings.